The second kappa shape index (κ2) is 5.61. The van der Waals surface area contributed by atoms with Gasteiger partial charge in [0.25, 0.3) is 0 Å². The summed E-state index contributed by atoms with van der Waals surface area (Å²) >= 11 is 0. The molecule has 0 aromatic heterocycles. The summed E-state index contributed by atoms with van der Waals surface area (Å²) < 4.78 is 27.3. The summed E-state index contributed by atoms with van der Waals surface area (Å²) in [6.07, 6.45) is 2.46. The number of sulfonamides is 1. The average molecular weight is 283 g/mol. The maximum absolute atomic E-state index is 12.3. The highest BCUT2D eigenvalue weighted by atomic mass is 32.2. The fourth-order valence-corrected chi connectivity index (χ4v) is 3.75. The van der Waals surface area contributed by atoms with Gasteiger partial charge in [-0.2, -0.15) is 0 Å². The largest absolute Gasteiger partial charge is 0.393 e. The molecule has 2 N–H and O–H groups in total. The van der Waals surface area contributed by atoms with Crippen molar-refractivity contribution < 1.29 is 13.5 Å². The number of rotatable bonds is 3. The summed E-state index contributed by atoms with van der Waals surface area (Å²) in [4.78, 5) is 0.321. The molecular weight excluding hydrogens is 262 g/mol. The molecule has 1 aliphatic carbocycles. The zero-order valence-corrected chi connectivity index (χ0v) is 12.2. The Hall–Kier alpha value is -0.910. The summed E-state index contributed by atoms with van der Waals surface area (Å²) in [5.74, 6) is 0. The molecule has 1 saturated carbocycles. The smallest absolute Gasteiger partial charge is 0.240 e. The van der Waals surface area contributed by atoms with Gasteiger partial charge in [0.1, 0.15) is 0 Å². The van der Waals surface area contributed by atoms with Crippen molar-refractivity contribution in [1.82, 2.24) is 4.72 Å². The first-order valence-corrected chi connectivity index (χ1v) is 8.14. The first-order chi connectivity index (χ1) is 8.88. The fraction of sp³-hybridized carbons (Fsp3) is 0.571. The van der Waals surface area contributed by atoms with Crippen molar-refractivity contribution >= 4 is 10.0 Å². The van der Waals surface area contributed by atoms with E-state index < -0.39 is 10.0 Å². The van der Waals surface area contributed by atoms with Crippen LogP contribution in [0.25, 0.3) is 0 Å². The van der Waals surface area contributed by atoms with E-state index in [1.165, 1.54) is 0 Å². The van der Waals surface area contributed by atoms with E-state index in [0.717, 1.165) is 11.1 Å². The van der Waals surface area contributed by atoms with Crippen molar-refractivity contribution in [1.29, 1.82) is 0 Å². The molecule has 0 heterocycles. The molecular formula is C14H21NO3S. The number of aliphatic hydroxyl groups is 1. The van der Waals surface area contributed by atoms with Crippen LogP contribution in [0.15, 0.2) is 23.1 Å². The number of benzene rings is 1. The summed E-state index contributed by atoms with van der Waals surface area (Å²) in [7, 11) is -3.45. The van der Waals surface area contributed by atoms with E-state index in [0.29, 0.717) is 30.6 Å². The van der Waals surface area contributed by atoms with Crippen molar-refractivity contribution in [3.8, 4) is 0 Å². The van der Waals surface area contributed by atoms with Crippen molar-refractivity contribution in [2.24, 2.45) is 0 Å². The third-order valence-electron chi connectivity index (χ3n) is 3.81. The molecule has 2 rings (SSSR count). The van der Waals surface area contributed by atoms with E-state index in [1.807, 2.05) is 19.9 Å². The lowest BCUT2D eigenvalue weighted by Gasteiger charge is -2.26. The van der Waals surface area contributed by atoms with Gasteiger partial charge in [0.15, 0.2) is 0 Å². The van der Waals surface area contributed by atoms with Gasteiger partial charge in [0.05, 0.1) is 11.0 Å². The molecule has 0 radical (unpaired) electrons. The minimum atomic E-state index is -3.45. The van der Waals surface area contributed by atoms with E-state index in [1.54, 1.807) is 12.1 Å². The van der Waals surface area contributed by atoms with Crippen molar-refractivity contribution in [3.63, 3.8) is 0 Å². The van der Waals surface area contributed by atoms with Crippen LogP contribution in [0.3, 0.4) is 0 Å². The molecule has 0 unspecified atom stereocenters. The third-order valence-corrected chi connectivity index (χ3v) is 5.33. The quantitative estimate of drug-likeness (QED) is 0.890. The summed E-state index contributed by atoms with van der Waals surface area (Å²) in [6, 6.07) is 5.11. The number of hydrogen-bond acceptors (Lipinski definition) is 3. The number of aryl methyl sites for hydroxylation is 2. The second-order valence-electron chi connectivity index (χ2n) is 5.37. The minimum absolute atomic E-state index is 0.0602. The molecule has 0 atom stereocenters. The highest BCUT2D eigenvalue weighted by Crippen LogP contribution is 2.21. The Morgan fingerprint density at radius 2 is 1.74 bits per heavy atom. The predicted octanol–water partition coefficient (Wildman–Crippen LogP) is 1.89. The van der Waals surface area contributed by atoms with Crippen LogP contribution in [0, 0.1) is 13.8 Å². The van der Waals surface area contributed by atoms with Gasteiger partial charge in [-0.15, -0.1) is 0 Å². The fourth-order valence-electron chi connectivity index (χ4n) is 2.36. The molecule has 0 saturated heterocycles. The Labute approximate surface area is 114 Å². The molecule has 5 heteroatoms. The topological polar surface area (TPSA) is 66.4 Å². The average Bonchev–Trinajstić information content (AvgIpc) is 2.35. The van der Waals surface area contributed by atoms with Gasteiger partial charge in [-0.25, -0.2) is 13.1 Å². The van der Waals surface area contributed by atoms with Crippen LogP contribution in [0.4, 0.5) is 0 Å². The first-order valence-electron chi connectivity index (χ1n) is 6.66. The van der Waals surface area contributed by atoms with Crippen LogP contribution in [-0.2, 0) is 10.0 Å². The van der Waals surface area contributed by atoms with Gasteiger partial charge in [-0.3, -0.25) is 0 Å². The Kier molecular flexibility index (Phi) is 4.28. The maximum Gasteiger partial charge on any atom is 0.240 e. The molecule has 4 nitrogen and oxygen atoms in total. The predicted molar refractivity (Wildman–Crippen MR) is 74.5 cm³/mol. The molecule has 1 aliphatic rings. The molecule has 1 aromatic rings. The maximum atomic E-state index is 12.3. The Balaban J connectivity index is 2.11. The van der Waals surface area contributed by atoms with Gasteiger partial charge in [-0.05, 0) is 62.8 Å². The molecule has 0 bridgehead atoms. The van der Waals surface area contributed by atoms with Crippen LogP contribution >= 0.6 is 0 Å². The Morgan fingerprint density at radius 3 is 2.32 bits per heavy atom. The second-order valence-corrected chi connectivity index (χ2v) is 7.09. The Bertz CT molecular complexity index is 546. The van der Waals surface area contributed by atoms with Gasteiger partial charge in [0, 0.05) is 6.04 Å². The Morgan fingerprint density at radius 1 is 1.11 bits per heavy atom. The lowest BCUT2D eigenvalue weighted by Crippen LogP contribution is -2.38. The minimum Gasteiger partial charge on any atom is -0.393 e. The number of nitrogens with one attached hydrogen (secondary N) is 1. The van der Waals surface area contributed by atoms with E-state index in [9.17, 15) is 13.5 Å². The molecule has 0 spiro atoms. The van der Waals surface area contributed by atoms with Crippen LogP contribution in [0.2, 0.25) is 0 Å². The van der Waals surface area contributed by atoms with Crippen molar-refractivity contribution in [2.75, 3.05) is 0 Å². The molecule has 106 valence electrons. The third kappa shape index (κ3) is 3.55. The van der Waals surface area contributed by atoms with Gasteiger partial charge < -0.3 is 5.11 Å². The zero-order chi connectivity index (χ0) is 14.0. The summed E-state index contributed by atoms with van der Waals surface area (Å²) in [6.45, 7) is 3.87. The lowest BCUT2D eigenvalue weighted by molar-refractivity contribution is 0.120. The number of hydrogen-bond donors (Lipinski definition) is 2. The van der Waals surface area contributed by atoms with E-state index in [-0.39, 0.29) is 12.1 Å². The van der Waals surface area contributed by atoms with E-state index in [4.69, 9.17) is 0 Å². The van der Waals surface area contributed by atoms with Crippen molar-refractivity contribution in [2.45, 2.75) is 56.6 Å². The van der Waals surface area contributed by atoms with Crippen LogP contribution in [-0.4, -0.2) is 25.7 Å². The molecule has 0 aliphatic heterocycles. The van der Waals surface area contributed by atoms with Gasteiger partial charge >= 0.3 is 0 Å². The van der Waals surface area contributed by atoms with E-state index >= 15 is 0 Å². The molecule has 1 fully saturated rings. The monoisotopic (exact) mass is 283 g/mol. The van der Waals surface area contributed by atoms with Crippen LogP contribution in [0.1, 0.15) is 36.8 Å². The SMILES string of the molecule is Cc1ccc(S(=O)(=O)NC2CCC(O)CC2)cc1C. The molecule has 19 heavy (non-hydrogen) atoms. The lowest BCUT2D eigenvalue weighted by atomic mass is 9.94. The number of aliphatic hydroxyl groups excluding tert-OH is 1. The normalized spacial score (nSPS) is 24.4. The summed E-state index contributed by atoms with van der Waals surface area (Å²) in [5.41, 5.74) is 2.06. The van der Waals surface area contributed by atoms with Gasteiger partial charge in [0.2, 0.25) is 10.0 Å². The zero-order valence-electron chi connectivity index (χ0n) is 11.4. The highest BCUT2D eigenvalue weighted by Gasteiger charge is 2.24. The van der Waals surface area contributed by atoms with Crippen molar-refractivity contribution in [3.05, 3.63) is 29.3 Å². The van der Waals surface area contributed by atoms with Gasteiger partial charge in [-0.1, -0.05) is 6.07 Å². The van der Waals surface area contributed by atoms with Crippen LogP contribution in [0.5, 0.6) is 0 Å². The highest BCUT2D eigenvalue weighted by molar-refractivity contribution is 7.89. The first kappa shape index (κ1) is 14.5. The summed E-state index contributed by atoms with van der Waals surface area (Å²) in [5, 5.41) is 9.43. The van der Waals surface area contributed by atoms with Crippen LogP contribution < -0.4 is 4.72 Å². The molecule has 0 amide bonds. The van der Waals surface area contributed by atoms with E-state index in [2.05, 4.69) is 4.72 Å². The standard InChI is InChI=1S/C14H21NO3S/c1-10-3-8-14(9-11(10)2)19(17,18)15-12-4-6-13(16)7-5-12/h3,8-9,12-13,15-16H,4-7H2,1-2H3. The molecule has 1 aromatic carbocycles.